The Kier molecular flexibility index (Phi) is 9.53. The Labute approximate surface area is 212 Å². The first-order chi connectivity index (χ1) is 16.6. The number of rotatable bonds is 8. The number of amides is 1. The van der Waals surface area contributed by atoms with Gasteiger partial charge in [-0.15, -0.1) is 0 Å². The van der Waals surface area contributed by atoms with Gasteiger partial charge in [-0.2, -0.15) is 0 Å². The van der Waals surface area contributed by atoms with Crippen LogP contribution in [-0.4, -0.2) is 93.4 Å². The molecular weight excluding hydrogens is 466 g/mol. The van der Waals surface area contributed by atoms with Gasteiger partial charge in [0.25, 0.3) is 0 Å². The summed E-state index contributed by atoms with van der Waals surface area (Å²) in [6.07, 6.45) is 1.17. The predicted molar refractivity (Wildman–Crippen MR) is 134 cm³/mol. The standard InChI is InChI=1S/C25H39N5O6/c1-9-17(31)20(29-10-12-30(13-11-29)23(34)36-25(6,7)8)21(33)19-22(28-16(2)14-26-19)27-15-18(32)35-24(3,4)5/h14,20H,9-13,15H2,1-8H3,(H,27,28). The first-order valence-electron chi connectivity index (χ1n) is 12.2. The highest BCUT2D eigenvalue weighted by atomic mass is 16.6. The number of ether oxygens (including phenoxy) is 2. The summed E-state index contributed by atoms with van der Waals surface area (Å²) < 4.78 is 10.7. The molecule has 0 bridgehead atoms. The van der Waals surface area contributed by atoms with Crippen molar-refractivity contribution in [1.29, 1.82) is 0 Å². The van der Waals surface area contributed by atoms with Gasteiger partial charge in [0.15, 0.2) is 17.3 Å². The van der Waals surface area contributed by atoms with Gasteiger partial charge in [0, 0.05) is 38.8 Å². The van der Waals surface area contributed by atoms with Crippen LogP contribution in [0.4, 0.5) is 10.6 Å². The minimum absolute atomic E-state index is 0.0227. The molecule has 0 spiro atoms. The molecule has 0 saturated carbocycles. The molecule has 1 atom stereocenters. The van der Waals surface area contributed by atoms with Crippen LogP contribution in [0.2, 0.25) is 0 Å². The lowest BCUT2D eigenvalue weighted by atomic mass is 10.00. The number of hydrogen-bond acceptors (Lipinski definition) is 10. The van der Waals surface area contributed by atoms with Crippen molar-refractivity contribution in [1.82, 2.24) is 19.8 Å². The lowest BCUT2D eigenvalue weighted by molar-refractivity contribution is -0.152. The Bertz CT molecular complexity index is 974. The van der Waals surface area contributed by atoms with Crippen molar-refractivity contribution in [2.75, 3.05) is 38.0 Å². The summed E-state index contributed by atoms with van der Waals surface area (Å²) in [4.78, 5) is 63.1. The molecule has 1 fully saturated rings. The molecule has 1 saturated heterocycles. The summed E-state index contributed by atoms with van der Waals surface area (Å²) in [5, 5.41) is 2.85. The zero-order chi connectivity index (χ0) is 27.3. The molecule has 2 rings (SSSR count). The van der Waals surface area contributed by atoms with Crippen LogP contribution in [0.5, 0.6) is 0 Å². The van der Waals surface area contributed by atoms with Gasteiger partial charge in [-0.25, -0.2) is 14.8 Å². The summed E-state index contributed by atoms with van der Waals surface area (Å²) in [6.45, 7) is 15.2. The number of esters is 1. The Balaban J connectivity index is 2.20. The quantitative estimate of drug-likeness (QED) is 0.319. The molecule has 2 heterocycles. The number of hydrogen-bond donors (Lipinski definition) is 1. The molecule has 1 N–H and O–H groups in total. The summed E-state index contributed by atoms with van der Waals surface area (Å²) in [6, 6.07) is -1.07. The fourth-order valence-electron chi connectivity index (χ4n) is 3.64. The van der Waals surface area contributed by atoms with E-state index in [0.717, 1.165) is 0 Å². The van der Waals surface area contributed by atoms with E-state index in [4.69, 9.17) is 9.47 Å². The first kappa shape index (κ1) is 29.2. The zero-order valence-corrected chi connectivity index (χ0v) is 22.6. The van der Waals surface area contributed by atoms with Crippen molar-refractivity contribution >= 4 is 29.4 Å². The van der Waals surface area contributed by atoms with Gasteiger partial charge in [-0.05, 0) is 48.5 Å². The van der Waals surface area contributed by atoms with Crippen LogP contribution in [0.1, 0.15) is 71.1 Å². The zero-order valence-electron chi connectivity index (χ0n) is 22.6. The first-order valence-corrected chi connectivity index (χ1v) is 12.2. The molecule has 0 aliphatic carbocycles. The van der Waals surface area contributed by atoms with E-state index >= 15 is 0 Å². The van der Waals surface area contributed by atoms with E-state index in [1.165, 1.54) is 6.20 Å². The molecule has 200 valence electrons. The van der Waals surface area contributed by atoms with E-state index in [0.29, 0.717) is 31.9 Å². The number of nitrogens with one attached hydrogen (secondary N) is 1. The maximum Gasteiger partial charge on any atom is 0.410 e. The van der Waals surface area contributed by atoms with Crippen LogP contribution in [0.25, 0.3) is 0 Å². The molecule has 1 amide bonds. The van der Waals surface area contributed by atoms with Gasteiger partial charge in [-0.3, -0.25) is 19.3 Å². The molecule has 1 aliphatic heterocycles. The van der Waals surface area contributed by atoms with Crippen molar-refractivity contribution in [3.63, 3.8) is 0 Å². The second-order valence-corrected chi connectivity index (χ2v) is 10.7. The maximum atomic E-state index is 13.6. The van der Waals surface area contributed by atoms with Crippen LogP contribution in [0, 0.1) is 6.92 Å². The molecule has 11 nitrogen and oxygen atoms in total. The lowest BCUT2D eigenvalue weighted by Gasteiger charge is -2.38. The molecule has 36 heavy (non-hydrogen) atoms. The van der Waals surface area contributed by atoms with Crippen LogP contribution in [-0.2, 0) is 19.1 Å². The normalized spacial score (nSPS) is 15.7. The highest BCUT2D eigenvalue weighted by molar-refractivity contribution is 6.15. The molecule has 0 radical (unpaired) electrons. The van der Waals surface area contributed by atoms with Gasteiger partial charge in [0.1, 0.15) is 23.8 Å². The van der Waals surface area contributed by atoms with Gasteiger partial charge in [-0.1, -0.05) is 6.92 Å². The lowest BCUT2D eigenvalue weighted by Crippen LogP contribution is -2.57. The van der Waals surface area contributed by atoms with Gasteiger partial charge in [0.05, 0.1) is 5.69 Å². The SMILES string of the molecule is CCC(=O)C(C(=O)c1ncc(C)nc1NCC(=O)OC(C)(C)C)N1CCN(C(=O)OC(C)(C)C)CC1. The third-order valence-corrected chi connectivity index (χ3v) is 5.18. The number of aromatic nitrogens is 2. The number of piperazine rings is 1. The second kappa shape index (κ2) is 11.8. The van der Waals surface area contributed by atoms with E-state index in [1.54, 1.807) is 65.2 Å². The van der Waals surface area contributed by atoms with E-state index in [-0.39, 0.29) is 30.3 Å². The molecule has 1 aromatic rings. The fourth-order valence-corrected chi connectivity index (χ4v) is 3.64. The van der Waals surface area contributed by atoms with E-state index in [2.05, 4.69) is 15.3 Å². The minimum atomic E-state index is -1.07. The summed E-state index contributed by atoms with van der Waals surface area (Å²) >= 11 is 0. The Morgan fingerprint density at radius 1 is 1.00 bits per heavy atom. The maximum absolute atomic E-state index is 13.6. The second-order valence-electron chi connectivity index (χ2n) is 10.7. The number of carbonyl (C=O) groups is 4. The van der Waals surface area contributed by atoms with Crippen LogP contribution in [0.3, 0.4) is 0 Å². The number of Topliss-reactive ketones (excluding diaryl/α,β-unsaturated/α-hetero) is 2. The summed E-state index contributed by atoms with van der Waals surface area (Å²) in [5.74, 6) is -1.16. The van der Waals surface area contributed by atoms with Crippen LogP contribution < -0.4 is 5.32 Å². The summed E-state index contributed by atoms with van der Waals surface area (Å²) in [7, 11) is 0. The smallest absolute Gasteiger partial charge is 0.410 e. The van der Waals surface area contributed by atoms with Crippen LogP contribution >= 0.6 is 0 Å². The van der Waals surface area contributed by atoms with Gasteiger partial charge in [0.2, 0.25) is 5.78 Å². The molecule has 1 aliphatic rings. The van der Waals surface area contributed by atoms with Crippen LogP contribution in [0.15, 0.2) is 6.20 Å². The molecule has 1 unspecified atom stereocenters. The van der Waals surface area contributed by atoms with E-state index < -0.39 is 35.1 Å². The highest BCUT2D eigenvalue weighted by Crippen LogP contribution is 2.20. The van der Waals surface area contributed by atoms with E-state index in [1.807, 2.05) is 0 Å². The molecule has 1 aromatic heterocycles. The number of aryl methyl sites for hydroxylation is 1. The number of nitrogens with zero attached hydrogens (tertiary/aromatic N) is 4. The van der Waals surface area contributed by atoms with Crippen molar-refractivity contribution in [2.45, 2.75) is 79.1 Å². The number of anilines is 1. The van der Waals surface area contributed by atoms with Gasteiger partial charge < -0.3 is 19.7 Å². The third kappa shape index (κ3) is 8.54. The monoisotopic (exact) mass is 505 g/mol. The van der Waals surface area contributed by atoms with Crippen molar-refractivity contribution in [2.24, 2.45) is 0 Å². The minimum Gasteiger partial charge on any atom is -0.459 e. The molecule has 0 aromatic carbocycles. The summed E-state index contributed by atoms with van der Waals surface area (Å²) in [5.41, 5.74) is -0.749. The van der Waals surface area contributed by atoms with Crippen molar-refractivity contribution in [3.8, 4) is 0 Å². The topological polar surface area (TPSA) is 131 Å². The number of ketones is 2. The Morgan fingerprint density at radius 2 is 1.58 bits per heavy atom. The fraction of sp³-hybridized carbons (Fsp3) is 0.680. The van der Waals surface area contributed by atoms with E-state index in [9.17, 15) is 19.2 Å². The van der Waals surface area contributed by atoms with Crippen molar-refractivity contribution in [3.05, 3.63) is 17.6 Å². The largest absolute Gasteiger partial charge is 0.459 e. The number of carbonyl (C=O) groups excluding carboxylic acids is 4. The highest BCUT2D eigenvalue weighted by Gasteiger charge is 2.37. The Hall–Kier alpha value is -3.08. The third-order valence-electron chi connectivity index (χ3n) is 5.18. The average molecular weight is 506 g/mol. The van der Waals surface area contributed by atoms with Crippen molar-refractivity contribution < 1.29 is 28.7 Å². The molecule has 11 heteroatoms. The average Bonchev–Trinajstić information content (AvgIpc) is 2.75. The van der Waals surface area contributed by atoms with Gasteiger partial charge >= 0.3 is 12.1 Å². The molecular formula is C25H39N5O6. The predicted octanol–water partition coefficient (Wildman–Crippen LogP) is 2.62. The Morgan fingerprint density at radius 3 is 2.11 bits per heavy atom.